The fourth-order valence-electron chi connectivity index (χ4n) is 4.65. The summed E-state index contributed by atoms with van der Waals surface area (Å²) in [6, 6.07) is 0. The van der Waals surface area contributed by atoms with E-state index < -0.39 is 0 Å². The lowest BCUT2D eigenvalue weighted by Crippen LogP contribution is -2.60. The van der Waals surface area contributed by atoms with Gasteiger partial charge in [0.1, 0.15) is 0 Å². The fraction of sp³-hybridized carbons (Fsp3) is 0.810. The van der Waals surface area contributed by atoms with Crippen LogP contribution in [0.5, 0.6) is 0 Å². The monoisotopic (exact) mass is 518 g/mol. The highest BCUT2D eigenvalue weighted by Gasteiger charge is 2.38. The molecule has 1 aliphatic heterocycles. The van der Waals surface area contributed by atoms with E-state index in [-0.39, 0.29) is 29.5 Å². The molecular weight excluding hydrogens is 479 g/mol. The van der Waals surface area contributed by atoms with Gasteiger partial charge in [-0.1, -0.05) is 19.3 Å². The van der Waals surface area contributed by atoms with Crippen LogP contribution < -0.4 is 10.6 Å². The number of aliphatic imine (C=N–C) groups is 1. The van der Waals surface area contributed by atoms with Crippen LogP contribution in [-0.4, -0.2) is 65.6 Å². The van der Waals surface area contributed by atoms with E-state index in [0.29, 0.717) is 6.54 Å². The third-order valence-electron chi connectivity index (χ3n) is 6.45. The smallest absolute Gasteiger partial charge is 0.191 e. The molecule has 166 valence electrons. The number of rotatable bonds is 6. The molecule has 0 aromatic carbocycles. The zero-order valence-electron chi connectivity index (χ0n) is 18.6. The summed E-state index contributed by atoms with van der Waals surface area (Å²) in [6.07, 6.45) is 6.53. The number of morpholine rings is 1. The molecule has 2 aliphatic rings. The molecule has 2 heterocycles. The number of hydrogen-bond donors (Lipinski definition) is 2. The highest BCUT2D eigenvalue weighted by molar-refractivity contribution is 14.0. The Bertz CT molecular complexity index is 662. The predicted molar refractivity (Wildman–Crippen MR) is 129 cm³/mol. The van der Waals surface area contributed by atoms with Gasteiger partial charge in [-0.2, -0.15) is 5.10 Å². The Morgan fingerprint density at radius 3 is 2.41 bits per heavy atom. The number of aryl methyl sites for hydroxylation is 2. The Labute approximate surface area is 193 Å². The quantitative estimate of drug-likeness (QED) is 0.345. The van der Waals surface area contributed by atoms with Crippen molar-refractivity contribution in [2.24, 2.45) is 12.0 Å². The van der Waals surface area contributed by atoms with E-state index in [4.69, 9.17) is 9.73 Å². The maximum absolute atomic E-state index is 5.61. The Hall–Kier alpha value is -0.870. The highest BCUT2D eigenvalue weighted by Crippen LogP contribution is 2.33. The zero-order chi connectivity index (χ0) is 20.0. The molecule has 0 bridgehead atoms. The summed E-state index contributed by atoms with van der Waals surface area (Å²) in [5.41, 5.74) is 3.71. The molecule has 0 unspecified atom stereocenters. The van der Waals surface area contributed by atoms with Gasteiger partial charge in [-0.05, 0) is 33.6 Å². The molecule has 2 N–H and O–H groups in total. The lowest BCUT2D eigenvalue weighted by Gasteiger charge is -2.48. The van der Waals surface area contributed by atoms with Crippen molar-refractivity contribution in [2.45, 2.75) is 65.0 Å². The summed E-state index contributed by atoms with van der Waals surface area (Å²) in [5.74, 6) is 0.906. The summed E-state index contributed by atoms with van der Waals surface area (Å²) in [5, 5.41) is 11.6. The number of nitrogens with one attached hydrogen (secondary N) is 2. The lowest BCUT2D eigenvalue weighted by atomic mass is 9.80. The van der Waals surface area contributed by atoms with Crippen LogP contribution in [-0.2, 0) is 18.3 Å². The average Bonchev–Trinajstić information content (AvgIpc) is 2.97. The minimum absolute atomic E-state index is 0. The SMILES string of the molecule is CCNC(=NCc1c(C)nn(C)c1C)NCC1(N2CCOCC2)CCCCC1.I. The van der Waals surface area contributed by atoms with E-state index >= 15 is 0 Å². The molecule has 0 amide bonds. The Morgan fingerprint density at radius 1 is 1.14 bits per heavy atom. The van der Waals surface area contributed by atoms with Crippen molar-refractivity contribution in [3.05, 3.63) is 17.0 Å². The van der Waals surface area contributed by atoms with Gasteiger partial charge >= 0.3 is 0 Å². The fourth-order valence-corrected chi connectivity index (χ4v) is 4.65. The molecule has 1 aromatic heterocycles. The first-order valence-electron chi connectivity index (χ1n) is 10.9. The summed E-state index contributed by atoms with van der Waals surface area (Å²) >= 11 is 0. The maximum atomic E-state index is 5.61. The second kappa shape index (κ2) is 11.5. The van der Waals surface area contributed by atoms with Crippen molar-refractivity contribution in [1.29, 1.82) is 0 Å². The summed E-state index contributed by atoms with van der Waals surface area (Å²) in [7, 11) is 1.99. The van der Waals surface area contributed by atoms with Gasteiger partial charge in [0.05, 0.1) is 25.5 Å². The summed E-state index contributed by atoms with van der Waals surface area (Å²) < 4.78 is 7.55. The first-order chi connectivity index (χ1) is 13.6. The normalized spacial score (nSPS) is 20.2. The van der Waals surface area contributed by atoms with E-state index in [0.717, 1.165) is 51.0 Å². The topological polar surface area (TPSA) is 66.7 Å². The third kappa shape index (κ3) is 6.07. The first kappa shape index (κ1) is 24.4. The Balaban J connectivity index is 0.00000300. The molecule has 8 heteroatoms. The molecule has 29 heavy (non-hydrogen) atoms. The molecule has 1 saturated heterocycles. The van der Waals surface area contributed by atoms with Crippen LogP contribution in [0.15, 0.2) is 4.99 Å². The van der Waals surface area contributed by atoms with E-state index in [2.05, 4.69) is 41.4 Å². The first-order valence-corrected chi connectivity index (χ1v) is 10.9. The van der Waals surface area contributed by atoms with Crippen LogP contribution in [0.25, 0.3) is 0 Å². The van der Waals surface area contributed by atoms with Gasteiger partial charge in [0.25, 0.3) is 0 Å². The minimum Gasteiger partial charge on any atom is -0.379 e. The molecule has 0 spiro atoms. The van der Waals surface area contributed by atoms with Gasteiger partial charge in [0.15, 0.2) is 5.96 Å². The number of halogens is 1. The van der Waals surface area contributed by atoms with Gasteiger partial charge in [-0.25, -0.2) is 4.99 Å². The largest absolute Gasteiger partial charge is 0.379 e. The summed E-state index contributed by atoms with van der Waals surface area (Å²) in [6.45, 7) is 12.6. The number of nitrogens with zero attached hydrogens (tertiary/aromatic N) is 4. The molecule has 1 aliphatic carbocycles. The van der Waals surface area contributed by atoms with Gasteiger partial charge in [0.2, 0.25) is 0 Å². The molecule has 1 saturated carbocycles. The molecular formula is C21H39IN6O. The molecule has 0 atom stereocenters. The molecule has 7 nitrogen and oxygen atoms in total. The highest BCUT2D eigenvalue weighted by atomic mass is 127. The van der Waals surface area contributed by atoms with Crippen molar-refractivity contribution >= 4 is 29.9 Å². The van der Waals surface area contributed by atoms with Crippen LogP contribution >= 0.6 is 24.0 Å². The Morgan fingerprint density at radius 2 is 1.83 bits per heavy atom. The van der Waals surface area contributed by atoms with E-state index in [1.165, 1.54) is 43.4 Å². The number of ether oxygens (including phenoxy) is 1. The van der Waals surface area contributed by atoms with E-state index in [1.54, 1.807) is 0 Å². The Kier molecular flexibility index (Phi) is 9.68. The second-order valence-electron chi connectivity index (χ2n) is 8.21. The van der Waals surface area contributed by atoms with Gasteiger partial charge < -0.3 is 15.4 Å². The van der Waals surface area contributed by atoms with Crippen LogP contribution in [0, 0.1) is 13.8 Å². The number of hydrogen-bond acceptors (Lipinski definition) is 4. The van der Waals surface area contributed by atoms with Crippen molar-refractivity contribution in [2.75, 3.05) is 39.4 Å². The molecule has 2 fully saturated rings. The van der Waals surface area contributed by atoms with Crippen LogP contribution in [0.1, 0.15) is 56.0 Å². The number of aromatic nitrogens is 2. The van der Waals surface area contributed by atoms with Crippen LogP contribution in [0.3, 0.4) is 0 Å². The van der Waals surface area contributed by atoms with Crippen molar-refractivity contribution in [3.63, 3.8) is 0 Å². The van der Waals surface area contributed by atoms with Crippen molar-refractivity contribution in [1.82, 2.24) is 25.3 Å². The maximum Gasteiger partial charge on any atom is 0.191 e. The molecule has 0 radical (unpaired) electrons. The van der Waals surface area contributed by atoms with Gasteiger partial charge in [-0.15, -0.1) is 24.0 Å². The van der Waals surface area contributed by atoms with Crippen molar-refractivity contribution in [3.8, 4) is 0 Å². The van der Waals surface area contributed by atoms with E-state index in [9.17, 15) is 0 Å². The predicted octanol–water partition coefficient (Wildman–Crippen LogP) is 2.75. The van der Waals surface area contributed by atoms with E-state index in [1.807, 2.05) is 11.7 Å². The average molecular weight is 518 g/mol. The van der Waals surface area contributed by atoms with Crippen molar-refractivity contribution < 1.29 is 4.74 Å². The summed E-state index contributed by atoms with van der Waals surface area (Å²) in [4.78, 5) is 7.55. The van der Waals surface area contributed by atoms with Gasteiger partial charge in [0, 0.05) is 50.0 Å². The lowest BCUT2D eigenvalue weighted by molar-refractivity contribution is -0.0352. The van der Waals surface area contributed by atoms with Crippen LogP contribution in [0.2, 0.25) is 0 Å². The third-order valence-corrected chi connectivity index (χ3v) is 6.45. The van der Waals surface area contributed by atoms with Gasteiger partial charge in [-0.3, -0.25) is 9.58 Å². The standard InChI is InChI=1S/C21H38N6O.HI/c1-5-22-20(23-15-19-17(2)25-26(4)18(19)3)24-16-21(9-7-6-8-10-21)27-11-13-28-14-12-27;/h5-16H2,1-4H3,(H2,22,23,24);1H. The zero-order valence-corrected chi connectivity index (χ0v) is 20.9. The number of guanidine groups is 1. The second-order valence-corrected chi connectivity index (χ2v) is 8.21. The minimum atomic E-state index is 0. The molecule has 3 rings (SSSR count). The molecule has 1 aromatic rings. The van der Waals surface area contributed by atoms with Crippen LogP contribution in [0.4, 0.5) is 0 Å².